The van der Waals surface area contributed by atoms with Crippen LogP contribution in [0.4, 0.5) is 28.6 Å². The van der Waals surface area contributed by atoms with Gasteiger partial charge in [-0.3, -0.25) is 0 Å². The van der Waals surface area contributed by atoms with Crippen molar-refractivity contribution in [2.75, 3.05) is 21.4 Å². The molecule has 0 unspecified atom stereocenters. The van der Waals surface area contributed by atoms with E-state index in [9.17, 15) is 0 Å². The molecule has 6 heteroatoms. The molecule has 0 bridgehead atoms. The van der Waals surface area contributed by atoms with Crippen LogP contribution in [0.1, 0.15) is 31.9 Å². The van der Waals surface area contributed by atoms with Crippen molar-refractivity contribution in [3.8, 4) is 22.6 Å². The molecule has 2 aliphatic heterocycles. The van der Waals surface area contributed by atoms with Gasteiger partial charge in [-0.15, -0.1) is 0 Å². The fourth-order valence-electron chi connectivity index (χ4n) is 6.59. The minimum absolute atomic E-state index is 0.0565. The number of hydrogen-bond donors (Lipinski definition) is 0. The second kappa shape index (κ2) is 12.8. The number of aryl methyl sites for hydroxylation is 1. The number of fused-ring (bicyclic) bond motifs is 2. The molecule has 49 heavy (non-hydrogen) atoms. The topological polar surface area (TPSA) is 31.8 Å². The van der Waals surface area contributed by atoms with E-state index in [0.29, 0.717) is 0 Å². The quantitative estimate of drug-likeness (QED) is 0.158. The van der Waals surface area contributed by atoms with E-state index >= 15 is 0 Å². The first-order valence-corrected chi connectivity index (χ1v) is 19.0. The molecule has 242 valence electrons. The first kappa shape index (κ1) is 31.3. The van der Waals surface area contributed by atoms with Crippen LogP contribution in [0.25, 0.3) is 11.1 Å². The summed E-state index contributed by atoms with van der Waals surface area (Å²) in [5.74, 6) is 2.53. The Hall–Kier alpha value is -5.02. The van der Waals surface area contributed by atoms with Crippen molar-refractivity contribution >= 4 is 56.7 Å². The molecule has 0 fully saturated rings. The molecular formula is C43H38N4OTe. The molecule has 5 nitrogen and oxygen atoms in total. The van der Waals surface area contributed by atoms with E-state index in [1.807, 2.05) is 18.3 Å². The van der Waals surface area contributed by atoms with Gasteiger partial charge in [0.1, 0.15) is 0 Å². The molecule has 3 heterocycles. The van der Waals surface area contributed by atoms with Gasteiger partial charge in [0.05, 0.1) is 0 Å². The van der Waals surface area contributed by atoms with Crippen molar-refractivity contribution in [3.05, 3.63) is 157 Å². The molecule has 0 N–H and O–H groups in total. The fraction of sp³-hybridized carbons (Fsp3) is 0.140. The van der Waals surface area contributed by atoms with Gasteiger partial charge in [-0.2, -0.15) is 0 Å². The van der Waals surface area contributed by atoms with Crippen LogP contribution in [-0.4, -0.2) is 32.6 Å². The number of aromatic nitrogens is 1. The van der Waals surface area contributed by atoms with Gasteiger partial charge in [-0.1, -0.05) is 39.0 Å². The molecule has 1 aromatic heterocycles. The van der Waals surface area contributed by atoms with Crippen LogP contribution in [0.15, 0.2) is 146 Å². The summed E-state index contributed by atoms with van der Waals surface area (Å²) >= 11 is -0.579. The van der Waals surface area contributed by atoms with E-state index in [2.05, 4.69) is 170 Å². The number of anilines is 5. The Morgan fingerprint density at radius 3 is 2.18 bits per heavy atom. The predicted octanol–water partition coefficient (Wildman–Crippen LogP) is 9.34. The van der Waals surface area contributed by atoms with Crippen LogP contribution in [0.2, 0.25) is 0 Å². The van der Waals surface area contributed by atoms with Crippen molar-refractivity contribution in [2.24, 2.45) is 0 Å². The van der Waals surface area contributed by atoms with E-state index in [-0.39, 0.29) is 5.41 Å². The van der Waals surface area contributed by atoms with Gasteiger partial charge >= 0.3 is 245 Å². The predicted molar refractivity (Wildman–Crippen MR) is 205 cm³/mol. The SMILES string of the molecule is Cc1cc(N2c3ccccc3[Te]c3ccc(Oc4cccc(N5C=CN(c6ccccc6C(C)(C)C)C5)c4)cc32)ncc1-c1ccccc1. The summed E-state index contributed by atoms with van der Waals surface area (Å²) in [7, 11) is 0. The molecule has 0 radical (unpaired) electrons. The van der Waals surface area contributed by atoms with Crippen LogP contribution in [0.5, 0.6) is 11.5 Å². The number of benzene rings is 5. The van der Waals surface area contributed by atoms with E-state index in [1.165, 1.54) is 35.3 Å². The molecule has 0 saturated heterocycles. The first-order valence-electron chi connectivity index (χ1n) is 16.6. The average Bonchev–Trinajstić information content (AvgIpc) is 3.61. The third-order valence-electron chi connectivity index (χ3n) is 9.05. The number of nitrogens with zero attached hydrogens (tertiary/aromatic N) is 4. The van der Waals surface area contributed by atoms with Gasteiger partial charge in [0.2, 0.25) is 0 Å². The van der Waals surface area contributed by atoms with Crippen LogP contribution >= 0.6 is 0 Å². The summed E-state index contributed by atoms with van der Waals surface area (Å²) in [4.78, 5) is 11.9. The number of pyridine rings is 1. The van der Waals surface area contributed by atoms with E-state index in [4.69, 9.17) is 9.72 Å². The third-order valence-corrected chi connectivity index (χ3v) is 12.3. The third kappa shape index (κ3) is 6.19. The molecule has 0 spiro atoms. The minimum atomic E-state index is -0.579. The Balaban J connectivity index is 1.07. The number of para-hydroxylation sites is 2. The number of rotatable bonds is 6. The second-order valence-corrected chi connectivity index (χ2v) is 16.6. The van der Waals surface area contributed by atoms with Crippen molar-refractivity contribution in [1.29, 1.82) is 0 Å². The fourth-order valence-corrected chi connectivity index (χ4v) is 9.56. The number of ether oxygens (including phenoxy) is 1. The van der Waals surface area contributed by atoms with Gasteiger partial charge in [0, 0.05) is 0 Å². The van der Waals surface area contributed by atoms with Crippen LogP contribution in [0, 0.1) is 6.92 Å². The van der Waals surface area contributed by atoms with Crippen LogP contribution in [-0.2, 0) is 5.41 Å². The molecule has 6 aromatic rings. The van der Waals surface area contributed by atoms with Gasteiger partial charge in [-0.05, 0) is 17.0 Å². The summed E-state index contributed by atoms with van der Waals surface area (Å²) in [6.07, 6.45) is 6.32. The van der Waals surface area contributed by atoms with E-state index < -0.39 is 20.9 Å². The zero-order valence-corrected chi connectivity index (χ0v) is 30.5. The van der Waals surface area contributed by atoms with Crippen molar-refractivity contribution in [1.82, 2.24) is 4.98 Å². The molecule has 0 aliphatic carbocycles. The average molecular weight is 754 g/mol. The molecule has 0 saturated carbocycles. The Morgan fingerprint density at radius 1 is 0.653 bits per heavy atom. The normalized spacial score (nSPS) is 13.8. The molecule has 0 amide bonds. The Labute approximate surface area is 299 Å². The zero-order valence-electron chi connectivity index (χ0n) is 28.2. The monoisotopic (exact) mass is 756 g/mol. The van der Waals surface area contributed by atoms with E-state index in [0.717, 1.165) is 40.9 Å². The summed E-state index contributed by atoms with van der Waals surface area (Å²) in [5, 5.41) is 0. The van der Waals surface area contributed by atoms with Crippen molar-refractivity contribution in [2.45, 2.75) is 33.1 Å². The maximum atomic E-state index is 6.60. The maximum absolute atomic E-state index is 6.60. The Bertz CT molecular complexity index is 2190. The van der Waals surface area contributed by atoms with Gasteiger partial charge < -0.3 is 0 Å². The van der Waals surface area contributed by atoms with Crippen molar-refractivity contribution in [3.63, 3.8) is 0 Å². The van der Waals surface area contributed by atoms with Gasteiger partial charge in [0.25, 0.3) is 0 Å². The molecule has 5 aromatic carbocycles. The van der Waals surface area contributed by atoms with Crippen LogP contribution < -0.4 is 26.7 Å². The zero-order chi connectivity index (χ0) is 33.5. The Kier molecular flexibility index (Phi) is 8.15. The molecule has 2 aliphatic rings. The van der Waals surface area contributed by atoms with Gasteiger partial charge in [0.15, 0.2) is 0 Å². The second-order valence-electron chi connectivity index (χ2n) is 13.5. The van der Waals surface area contributed by atoms with Crippen LogP contribution in [0.3, 0.4) is 0 Å². The first-order chi connectivity index (χ1) is 23.8. The molecule has 0 atom stereocenters. The summed E-state index contributed by atoms with van der Waals surface area (Å²) < 4.78 is 9.37. The van der Waals surface area contributed by atoms with Gasteiger partial charge in [-0.25, -0.2) is 0 Å². The summed E-state index contributed by atoms with van der Waals surface area (Å²) in [5.41, 5.74) is 9.58. The van der Waals surface area contributed by atoms with E-state index in [1.54, 1.807) is 0 Å². The molecule has 8 rings (SSSR count). The standard InChI is InChI=1S/C43H38N4OTe/c1-30-25-42(44-28-35(30)31-13-6-5-7-14-31)47-38-19-10-11-20-40(38)49-41-22-21-34(27-39(41)47)48-33-16-12-15-32(26-33)45-23-24-46(29-45)37-18-9-8-17-36(37)43(2,3)4/h5-28H,29H2,1-4H3. The molecular weight excluding hydrogens is 716 g/mol. The van der Waals surface area contributed by atoms with Crippen molar-refractivity contribution < 1.29 is 4.74 Å². The number of hydrogen-bond acceptors (Lipinski definition) is 5. The summed E-state index contributed by atoms with van der Waals surface area (Å²) in [6, 6.07) is 45.0. The Morgan fingerprint density at radius 2 is 1.37 bits per heavy atom. The summed E-state index contributed by atoms with van der Waals surface area (Å²) in [6.45, 7) is 9.71.